The first-order valence-electron chi connectivity index (χ1n) is 15.8. The van der Waals surface area contributed by atoms with Crippen molar-refractivity contribution in [2.45, 2.75) is 141 Å². The summed E-state index contributed by atoms with van der Waals surface area (Å²) >= 11 is 0. The highest BCUT2D eigenvalue weighted by Gasteiger charge is 2.27. The lowest BCUT2D eigenvalue weighted by atomic mass is 9.80. The normalized spacial score (nSPS) is 23.2. The van der Waals surface area contributed by atoms with Crippen molar-refractivity contribution in [1.82, 2.24) is 0 Å². The average Bonchev–Trinajstić information content (AvgIpc) is 2.91. The Labute approximate surface area is 234 Å². The molecule has 6 atom stereocenters. The van der Waals surface area contributed by atoms with E-state index in [0.29, 0.717) is 11.8 Å². The summed E-state index contributed by atoms with van der Waals surface area (Å²) in [7, 11) is 0. The van der Waals surface area contributed by atoms with Crippen LogP contribution >= 0.6 is 0 Å². The number of halogens is 1. The van der Waals surface area contributed by atoms with Gasteiger partial charge in [0.15, 0.2) is 0 Å². The van der Waals surface area contributed by atoms with Crippen molar-refractivity contribution in [2.75, 3.05) is 0 Å². The van der Waals surface area contributed by atoms with Gasteiger partial charge in [0.2, 0.25) is 0 Å². The van der Waals surface area contributed by atoms with Crippen molar-refractivity contribution < 1.29 is 4.39 Å². The average molecular weight is 519 g/mol. The lowest BCUT2D eigenvalue weighted by Gasteiger charge is -2.28. The standard InChI is InChI=1S/C14H24.C10H17F.C10H20.C2H6/c1-4-6-13(7-5-2)14-10-8-12(3)9-11-14;1-7(2)9-6-4-5-8(3)10(9)11;1-6-8(3)10(5)9(4)7-2;1-2/h8,10-13H,4-7,9H2,1-3H3;5,7,9-10H,4,6H2,1-3H3;6,8-10H,1,7H2,2-5H3;1-2H3. The van der Waals surface area contributed by atoms with Crippen LogP contribution in [0.1, 0.15) is 134 Å². The topological polar surface area (TPSA) is 0 Å². The Balaban J connectivity index is 0. The third-order valence-corrected chi connectivity index (χ3v) is 8.46. The van der Waals surface area contributed by atoms with Crippen molar-refractivity contribution in [3.63, 3.8) is 0 Å². The number of alkyl halides is 1. The van der Waals surface area contributed by atoms with Crippen LogP contribution in [0.5, 0.6) is 0 Å². The first-order valence-corrected chi connectivity index (χ1v) is 15.8. The van der Waals surface area contributed by atoms with Crippen molar-refractivity contribution >= 4 is 0 Å². The summed E-state index contributed by atoms with van der Waals surface area (Å²) in [6.45, 7) is 29.9. The molecular formula is C36H67F. The highest BCUT2D eigenvalue weighted by molar-refractivity contribution is 5.25. The molecule has 0 aromatic heterocycles. The van der Waals surface area contributed by atoms with Gasteiger partial charge in [-0.3, -0.25) is 0 Å². The highest BCUT2D eigenvalue weighted by Crippen LogP contribution is 2.32. The van der Waals surface area contributed by atoms with E-state index in [1.165, 1.54) is 38.5 Å². The summed E-state index contributed by atoms with van der Waals surface area (Å²) in [5.74, 6) is 4.59. The third-order valence-electron chi connectivity index (χ3n) is 8.46. The number of hydrogen-bond acceptors (Lipinski definition) is 0. The molecular weight excluding hydrogens is 451 g/mol. The van der Waals surface area contributed by atoms with Gasteiger partial charge in [0.05, 0.1) is 0 Å². The predicted octanol–water partition coefficient (Wildman–Crippen LogP) is 12.6. The van der Waals surface area contributed by atoms with Gasteiger partial charge in [0, 0.05) is 0 Å². The largest absolute Gasteiger partial charge is 0.242 e. The molecule has 0 aliphatic heterocycles. The second kappa shape index (κ2) is 22.8. The molecule has 0 saturated heterocycles. The molecule has 0 nitrogen and oxygen atoms in total. The van der Waals surface area contributed by atoms with E-state index >= 15 is 0 Å². The second-order valence-corrected chi connectivity index (χ2v) is 11.7. The van der Waals surface area contributed by atoms with Crippen LogP contribution in [0.4, 0.5) is 4.39 Å². The molecule has 0 heterocycles. The summed E-state index contributed by atoms with van der Waals surface area (Å²) in [6, 6.07) is 0. The number of rotatable bonds is 10. The van der Waals surface area contributed by atoms with Crippen LogP contribution in [-0.4, -0.2) is 6.17 Å². The van der Waals surface area contributed by atoms with Crippen LogP contribution in [0, 0.1) is 41.4 Å². The predicted molar refractivity (Wildman–Crippen MR) is 170 cm³/mol. The van der Waals surface area contributed by atoms with Crippen molar-refractivity contribution in [1.29, 1.82) is 0 Å². The van der Waals surface area contributed by atoms with E-state index in [0.717, 1.165) is 42.1 Å². The molecule has 0 fully saturated rings. The molecule has 0 aromatic rings. The highest BCUT2D eigenvalue weighted by atomic mass is 19.1. The first-order chi connectivity index (χ1) is 17.5. The van der Waals surface area contributed by atoms with Crippen LogP contribution in [0.15, 0.2) is 48.1 Å². The van der Waals surface area contributed by atoms with Crippen molar-refractivity contribution in [3.8, 4) is 0 Å². The Bertz CT molecular complexity index is 631. The number of allylic oxidation sites excluding steroid dienone is 7. The molecule has 0 aromatic carbocycles. The summed E-state index contributed by atoms with van der Waals surface area (Å²) < 4.78 is 13.4. The van der Waals surface area contributed by atoms with Gasteiger partial charge in [-0.25, -0.2) is 4.39 Å². The molecule has 2 aliphatic rings. The zero-order valence-corrected chi connectivity index (χ0v) is 27.2. The van der Waals surface area contributed by atoms with E-state index in [-0.39, 0.29) is 5.92 Å². The lowest BCUT2D eigenvalue weighted by Crippen LogP contribution is -2.25. The van der Waals surface area contributed by atoms with Crippen LogP contribution in [0.25, 0.3) is 0 Å². The molecule has 2 rings (SSSR count). The Kier molecular flexibility index (Phi) is 23.5. The molecule has 0 saturated carbocycles. The second-order valence-electron chi connectivity index (χ2n) is 11.7. The van der Waals surface area contributed by atoms with Gasteiger partial charge in [0.25, 0.3) is 0 Å². The van der Waals surface area contributed by atoms with Gasteiger partial charge in [-0.2, -0.15) is 0 Å². The maximum absolute atomic E-state index is 13.4. The summed E-state index contributed by atoms with van der Waals surface area (Å²) in [5, 5.41) is 0. The van der Waals surface area contributed by atoms with Gasteiger partial charge >= 0.3 is 0 Å². The fourth-order valence-corrected chi connectivity index (χ4v) is 5.10. The minimum absolute atomic E-state index is 0.264. The quantitative estimate of drug-likeness (QED) is 0.252. The van der Waals surface area contributed by atoms with Crippen LogP contribution in [-0.2, 0) is 0 Å². The van der Waals surface area contributed by atoms with Crippen molar-refractivity contribution in [3.05, 3.63) is 48.1 Å². The molecule has 0 N–H and O–H groups in total. The van der Waals surface area contributed by atoms with Crippen LogP contribution in [0.2, 0.25) is 0 Å². The smallest absolute Gasteiger partial charge is 0.124 e. The SMILES string of the molecule is C=CC(C)C(C)C(C)CC.CC.CC1=CCCC(C(C)C)C1F.CCCC(CCC)C1=CCC(C)C=C1. The molecule has 0 bridgehead atoms. The molecule has 37 heavy (non-hydrogen) atoms. The minimum Gasteiger partial charge on any atom is -0.242 e. The number of hydrogen-bond donors (Lipinski definition) is 0. The monoisotopic (exact) mass is 519 g/mol. The molecule has 6 unspecified atom stereocenters. The summed E-state index contributed by atoms with van der Waals surface area (Å²) in [4.78, 5) is 0. The van der Waals surface area contributed by atoms with Crippen LogP contribution < -0.4 is 0 Å². The van der Waals surface area contributed by atoms with E-state index < -0.39 is 6.17 Å². The maximum atomic E-state index is 13.4. The molecule has 0 radical (unpaired) electrons. The molecule has 0 amide bonds. The van der Waals surface area contributed by atoms with Gasteiger partial charge in [-0.05, 0) is 91.6 Å². The first kappa shape index (κ1) is 38.0. The van der Waals surface area contributed by atoms with E-state index in [1.54, 1.807) is 5.57 Å². The van der Waals surface area contributed by atoms with Gasteiger partial charge in [-0.15, -0.1) is 6.58 Å². The lowest BCUT2D eigenvalue weighted by molar-refractivity contribution is 0.192. The summed E-state index contributed by atoms with van der Waals surface area (Å²) in [5.41, 5.74) is 2.54. The van der Waals surface area contributed by atoms with Gasteiger partial charge in [-0.1, -0.05) is 126 Å². The zero-order valence-electron chi connectivity index (χ0n) is 27.2. The maximum Gasteiger partial charge on any atom is 0.124 e. The van der Waals surface area contributed by atoms with Crippen molar-refractivity contribution in [2.24, 2.45) is 41.4 Å². The Morgan fingerprint density at radius 3 is 1.95 bits per heavy atom. The molecule has 218 valence electrons. The minimum atomic E-state index is -0.677. The molecule has 0 spiro atoms. The Morgan fingerprint density at radius 2 is 1.57 bits per heavy atom. The van der Waals surface area contributed by atoms with Crippen LogP contribution in [0.3, 0.4) is 0 Å². The van der Waals surface area contributed by atoms with E-state index in [1.807, 2.05) is 26.8 Å². The molecule has 2 aliphatic carbocycles. The fourth-order valence-electron chi connectivity index (χ4n) is 5.10. The van der Waals surface area contributed by atoms with E-state index in [4.69, 9.17) is 0 Å². The third kappa shape index (κ3) is 15.8. The van der Waals surface area contributed by atoms with E-state index in [2.05, 4.69) is 93.2 Å². The Hall–Kier alpha value is -1.11. The van der Waals surface area contributed by atoms with Gasteiger partial charge in [0.1, 0.15) is 6.17 Å². The van der Waals surface area contributed by atoms with Gasteiger partial charge < -0.3 is 0 Å². The molecule has 1 heteroatoms. The van der Waals surface area contributed by atoms with E-state index in [9.17, 15) is 4.39 Å². The fraction of sp³-hybridized carbons (Fsp3) is 0.778. The Morgan fingerprint density at radius 1 is 1.00 bits per heavy atom. The zero-order chi connectivity index (χ0) is 29.0. The summed E-state index contributed by atoms with van der Waals surface area (Å²) in [6.07, 6.45) is 20.6.